The molecule has 2 aliphatic heterocycles. The number of carbonyl (C=O) groups excluding carboxylic acids is 3. The third kappa shape index (κ3) is 3.33. The van der Waals surface area contributed by atoms with Gasteiger partial charge in [-0.05, 0) is 40.0 Å². The van der Waals surface area contributed by atoms with E-state index >= 15 is 0 Å². The Morgan fingerprint density at radius 3 is 2.68 bits per heavy atom. The van der Waals surface area contributed by atoms with Crippen LogP contribution in [-0.2, 0) is 4.79 Å². The Hall–Kier alpha value is -2.16. The summed E-state index contributed by atoms with van der Waals surface area (Å²) in [7, 11) is 0. The lowest BCUT2D eigenvalue weighted by atomic mass is 9.86. The number of imide groups is 1. The van der Waals surface area contributed by atoms with Gasteiger partial charge in [0.25, 0.3) is 0 Å². The van der Waals surface area contributed by atoms with Crippen LogP contribution in [0.15, 0.2) is 22.7 Å². The monoisotopic (exact) mass is 412 g/mol. The molecule has 0 aliphatic carbocycles. The molecule has 3 N–H and O–H groups in total. The average molecular weight is 413 g/mol. The van der Waals surface area contributed by atoms with E-state index < -0.39 is 41.9 Å². The van der Waals surface area contributed by atoms with E-state index in [0.717, 1.165) is 12.8 Å². The van der Waals surface area contributed by atoms with E-state index in [1.165, 1.54) is 23.1 Å². The lowest BCUT2D eigenvalue weighted by Gasteiger charge is -2.46. The zero-order valence-electron chi connectivity index (χ0n) is 13.5. The predicted molar refractivity (Wildman–Crippen MR) is 90.9 cm³/mol. The number of halogens is 2. The molecule has 2 fully saturated rings. The lowest BCUT2D eigenvalue weighted by molar-refractivity contribution is -0.130. The van der Waals surface area contributed by atoms with Gasteiger partial charge in [0, 0.05) is 6.54 Å². The molecule has 3 unspecified atom stereocenters. The van der Waals surface area contributed by atoms with Gasteiger partial charge in [-0.25, -0.2) is 14.0 Å². The summed E-state index contributed by atoms with van der Waals surface area (Å²) in [6.07, 6.45) is 0.881. The first-order valence-electron chi connectivity index (χ1n) is 8.05. The van der Waals surface area contributed by atoms with Gasteiger partial charge >= 0.3 is 12.1 Å². The number of hydrogen-bond acceptors (Lipinski definition) is 3. The number of nitrogens with one attached hydrogen (secondary N) is 3. The number of nitrogens with zero attached hydrogens (tertiary/aromatic N) is 1. The van der Waals surface area contributed by atoms with E-state index in [2.05, 4.69) is 31.9 Å². The number of unbranched alkanes of at least 4 members (excludes halogenated alkanes) is 1. The standard InChI is InChI=1S/C16H18BrFN4O3/c1-2-3-6-22-13-11(14(23)21-16(22)25)12(19-15(24)20-13)8-4-5-10(18)9(17)7-8/h4-5,7,11-13H,2-3,6H2,1H3,(H2,19,20,24)(H,21,23,25). The van der Waals surface area contributed by atoms with Crippen LogP contribution in [0.4, 0.5) is 14.0 Å². The Morgan fingerprint density at radius 1 is 1.24 bits per heavy atom. The summed E-state index contributed by atoms with van der Waals surface area (Å²) in [6.45, 7) is 2.42. The topological polar surface area (TPSA) is 90.5 Å². The van der Waals surface area contributed by atoms with Crippen LogP contribution in [0, 0.1) is 11.7 Å². The molecule has 2 aliphatic rings. The highest BCUT2D eigenvalue weighted by atomic mass is 79.9. The Morgan fingerprint density at radius 2 is 2.00 bits per heavy atom. The maximum atomic E-state index is 13.5. The molecule has 3 rings (SSSR count). The van der Waals surface area contributed by atoms with Crippen molar-refractivity contribution >= 4 is 33.9 Å². The van der Waals surface area contributed by atoms with Crippen molar-refractivity contribution in [2.75, 3.05) is 6.54 Å². The maximum Gasteiger partial charge on any atom is 0.325 e. The van der Waals surface area contributed by atoms with E-state index in [1.54, 1.807) is 0 Å². The second-order valence-corrected chi connectivity index (χ2v) is 6.94. The molecule has 0 radical (unpaired) electrons. The zero-order valence-corrected chi connectivity index (χ0v) is 15.1. The van der Waals surface area contributed by atoms with E-state index in [-0.39, 0.29) is 4.47 Å². The van der Waals surface area contributed by atoms with Crippen LogP contribution in [-0.4, -0.2) is 35.6 Å². The van der Waals surface area contributed by atoms with E-state index in [0.29, 0.717) is 12.1 Å². The van der Waals surface area contributed by atoms with Crippen LogP contribution in [0.25, 0.3) is 0 Å². The van der Waals surface area contributed by atoms with Gasteiger partial charge in [0.05, 0.1) is 10.5 Å². The van der Waals surface area contributed by atoms with Gasteiger partial charge in [0.1, 0.15) is 17.9 Å². The summed E-state index contributed by atoms with van der Waals surface area (Å²) >= 11 is 3.12. The van der Waals surface area contributed by atoms with E-state index in [4.69, 9.17) is 0 Å². The summed E-state index contributed by atoms with van der Waals surface area (Å²) in [5.41, 5.74) is 0.582. The van der Waals surface area contributed by atoms with Gasteiger partial charge in [0.15, 0.2) is 0 Å². The third-order valence-corrected chi connectivity index (χ3v) is 5.06. The maximum absolute atomic E-state index is 13.5. The molecule has 1 aromatic rings. The Balaban J connectivity index is 1.97. The molecular weight excluding hydrogens is 395 g/mol. The summed E-state index contributed by atoms with van der Waals surface area (Å²) in [4.78, 5) is 38.2. The summed E-state index contributed by atoms with van der Waals surface area (Å²) in [5.74, 6) is -1.63. The zero-order chi connectivity index (χ0) is 18.1. The molecule has 3 atom stereocenters. The van der Waals surface area contributed by atoms with Crippen LogP contribution in [0.2, 0.25) is 0 Å². The molecule has 0 spiro atoms. The number of urea groups is 2. The fourth-order valence-corrected chi connectivity index (χ4v) is 3.59. The number of benzene rings is 1. The van der Waals surface area contributed by atoms with Crippen molar-refractivity contribution in [2.45, 2.75) is 32.0 Å². The average Bonchev–Trinajstić information content (AvgIpc) is 2.56. The van der Waals surface area contributed by atoms with Crippen LogP contribution in [0.5, 0.6) is 0 Å². The summed E-state index contributed by atoms with van der Waals surface area (Å²) in [5, 5.41) is 7.73. The number of amides is 5. The first-order chi connectivity index (χ1) is 11.9. The second kappa shape index (κ2) is 6.99. The highest BCUT2D eigenvalue weighted by Crippen LogP contribution is 2.33. The van der Waals surface area contributed by atoms with Crippen LogP contribution in [0.1, 0.15) is 31.4 Å². The summed E-state index contributed by atoms with van der Waals surface area (Å²) in [6, 6.07) is 2.66. The molecule has 1 aromatic carbocycles. The van der Waals surface area contributed by atoms with E-state index in [9.17, 15) is 18.8 Å². The smallest absolute Gasteiger partial charge is 0.325 e. The SMILES string of the molecule is CCCCN1C(=O)NC(=O)C2C(c3ccc(F)c(Br)c3)NC(=O)NC21. The second-order valence-electron chi connectivity index (χ2n) is 6.08. The van der Waals surface area contributed by atoms with Crippen molar-refractivity contribution in [3.63, 3.8) is 0 Å². The molecule has 5 amide bonds. The van der Waals surface area contributed by atoms with Crippen molar-refractivity contribution in [2.24, 2.45) is 5.92 Å². The molecule has 0 saturated carbocycles. The van der Waals surface area contributed by atoms with Crippen molar-refractivity contribution in [1.82, 2.24) is 20.9 Å². The fraction of sp³-hybridized carbons (Fsp3) is 0.438. The predicted octanol–water partition coefficient (Wildman–Crippen LogP) is 2.24. The molecule has 134 valence electrons. The fourth-order valence-electron chi connectivity index (χ4n) is 3.20. The van der Waals surface area contributed by atoms with Gasteiger partial charge < -0.3 is 15.5 Å². The summed E-state index contributed by atoms with van der Waals surface area (Å²) < 4.78 is 13.8. The molecule has 7 nitrogen and oxygen atoms in total. The van der Waals surface area contributed by atoms with Gasteiger partial charge in [-0.1, -0.05) is 19.4 Å². The molecule has 2 heterocycles. The van der Waals surface area contributed by atoms with Gasteiger partial charge in [-0.15, -0.1) is 0 Å². The molecule has 0 bridgehead atoms. The minimum Gasteiger partial charge on any atom is -0.330 e. The van der Waals surface area contributed by atoms with Crippen molar-refractivity contribution in [3.05, 3.63) is 34.1 Å². The number of hydrogen-bond donors (Lipinski definition) is 3. The van der Waals surface area contributed by atoms with Crippen LogP contribution < -0.4 is 16.0 Å². The van der Waals surface area contributed by atoms with Crippen LogP contribution >= 0.6 is 15.9 Å². The van der Waals surface area contributed by atoms with Crippen molar-refractivity contribution in [1.29, 1.82) is 0 Å². The minimum absolute atomic E-state index is 0.240. The number of carbonyl (C=O) groups is 3. The highest BCUT2D eigenvalue weighted by molar-refractivity contribution is 9.10. The minimum atomic E-state index is -0.740. The number of fused-ring (bicyclic) bond motifs is 1. The van der Waals surface area contributed by atoms with Crippen molar-refractivity contribution in [3.8, 4) is 0 Å². The number of rotatable bonds is 4. The Bertz CT molecular complexity index is 729. The molecule has 0 aromatic heterocycles. The molecule has 2 saturated heterocycles. The van der Waals surface area contributed by atoms with E-state index in [1.807, 2.05) is 6.92 Å². The largest absolute Gasteiger partial charge is 0.330 e. The first-order valence-corrected chi connectivity index (χ1v) is 8.85. The molecule has 25 heavy (non-hydrogen) atoms. The molecule has 9 heteroatoms. The van der Waals surface area contributed by atoms with Crippen LogP contribution in [0.3, 0.4) is 0 Å². The highest BCUT2D eigenvalue weighted by Gasteiger charge is 2.49. The lowest BCUT2D eigenvalue weighted by Crippen LogP contribution is -2.72. The molecular formula is C16H18BrFN4O3. The Kier molecular flexibility index (Phi) is 4.94. The van der Waals surface area contributed by atoms with Gasteiger partial charge in [0.2, 0.25) is 5.91 Å². The first kappa shape index (κ1) is 17.7. The normalized spacial score (nSPS) is 25.8. The van der Waals surface area contributed by atoms with Gasteiger partial charge in [-0.3, -0.25) is 10.1 Å². The van der Waals surface area contributed by atoms with Gasteiger partial charge in [-0.2, -0.15) is 0 Å². The Labute approximate surface area is 152 Å². The third-order valence-electron chi connectivity index (χ3n) is 4.45. The van der Waals surface area contributed by atoms with Crippen molar-refractivity contribution < 1.29 is 18.8 Å². The quantitative estimate of drug-likeness (QED) is 0.707.